The van der Waals surface area contributed by atoms with Crippen LogP contribution in [0.15, 0.2) is 12.5 Å². The molecule has 0 spiro atoms. The van der Waals surface area contributed by atoms with Crippen LogP contribution in [0.4, 0.5) is 0 Å². The van der Waals surface area contributed by atoms with Gasteiger partial charge in [0.1, 0.15) is 11.9 Å². The number of carboxylic acid groups (broad SMARTS) is 1. The summed E-state index contributed by atoms with van der Waals surface area (Å²) < 4.78 is 0. The summed E-state index contributed by atoms with van der Waals surface area (Å²) in [4.78, 5) is 32.0. The van der Waals surface area contributed by atoms with Gasteiger partial charge in [-0.25, -0.2) is 14.8 Å². The first-order valence-electron chi connectivity index (χ1n) is 6.06. The van der Waals surface area contributed by atoms with Crippen LogP contribution in [0, 0.1) is 0 Å². The first kappa shape index (κ1) is 13.4. The molecular weight excluding hydrogens is 248 g/mol. The number of aromatic carboxylic acids is 1. The molecule has 1 fully saturated rings. The van der Waals surface area contributed by atoms with Crippen molar-refractivity contribution in [3.8, 4) is 0 Å². The number of likely N-dealkylation sites (N-methyl/N-ethyl adjacent to an activating group) is 1. The summed E-state index contributed by atoms with van der Waals surface area (Å²) in [7, 11) is 1.75. The first-order chi connectivity index (χ1) is 9.06. The average molecular weight is 264 g/mol. The lowest BCUT2D eigenvalue weighted by molar-refractivity contribution is -0.122. The molecule has 1 amide bonds. The van der Waals surface area contributed by atoms with E-state index in [0.29, 0.717) is 18.3 Å². The molecule has 1 heterocycles. The number of hydrogen-bond acceptors (Lipinski definition) is 5. The van der Waals surface area contributed by atoms with Crippen molar-refractivity contribution in [3.05, 3.63) is 23.8 Å². The number of aromatic nitrogens is 2. The van der Waals surface area contributed by atoms with Gasteiger partial charge in [0.25, 0.3) is 0 Å². The standard InChI is InChI=1S/C12H16N4O3/c1-16(6-11(17)15-8-2-3-8)5-10-9(12(18)19)4-13-7-14-10/h4,7-8H,2-3,5-6H2,1H3,(H,15,17)(H,18,19). The molecule has 0 unspecified atom stereocenters. The highest BCUT2D eigenvalue weighted by molar-refractivity contribution is 5.88. The maximum absolute atomic E-state index is 11.6. The average Bonchev–Trinajstić information content (AvgIpc) is 3.12. The van der Waals surface area contributed by atoms with Crippen LogP contribution in [0.2, 0.25) is 0 Å². The third-order valence-electron chi connectivity index (χ3n) is 2.80. The van der Waals surface area contributed by atoms with E-state index in [-0.39, 0.29) is 18.0 Å². The van der Waals surface area contributed by atoms with Crippen molar-refractivity contribution in [2.75, 3.05) is 13.6 Å². The minimum absolute atomic E-state index is 0.0454. The van der Waals surface area contributed by atoms with Gasteiger partial charge >= 0.3 is 5.97 Å². The Kier molecular flexibility index (Phi) is 4.06. The molecule has 0 atom stereocenters. The van der Waals surface area contributed by atoms with Crippen molar-refractivity contribution >= 4 is 11.9 Å². The molecule has 1 aromatic heterocycles. The Labute approximate surface area is 110 Å². The van der Waals surface area contributed by atoms with Crippen LogP contribution in [0.5, 0.6) is 0 Å². The molecule has 0 aromatic carbocycles. The predicted octanol–water partition coefficient (Wildman–Crippen LogP) is -0.115. The minimum atomic E-state index is -1.06. The van der Waals surface area contributed by atoms with Gasteiger partial charge in [-0.05, 0) is 19.9 Å². The quantitative estimate of drug-likeness (QED) is 0.744. The number of carbonyl (C=O) groups excluding carboxylic acids is 1. The van der Waals surface area contributed by atoms with Gasteiger partial charge in [-0.2, -0.15) is 0 Å². The molecule has 0 aliphatic heterocycles. The molecule has 0 bridgehead atoms. The van der Waals surface area contributed by atoms with Crippen molar-refractivity contribution in [1.82, 2.24) is 20.2 Å². The Morgan fingerprint density at radius 2 is 2.26 bits per heavy atom. The topological polar surface area (TPSA) is 95.4 Å². The van der Waals surface area contributed by atoms with Crippen LogP contribution in [0.1, 0.15) is 28.9 Å². The van der Waals surface area contributed by atoms with E-state index in [4.69, 9.17) is 5.11 Å². The fourth-order valence-corrected chi connectivity index (χ4v) is 1.72. The molecule has 2 rings (SSSR count). The van der Waals surface area contributed by atoms with E-state index in [2.05, 4.69) is 15.3 Å². The predicted molar refractivity (Wildman–Crippen MR) is 66.5 cm³/mol. The molecule has 102 valence electrons. The van der Waals surface area contributed by atoms with Gasteiger partial charge in [-0.3, -0.25) is 9.69 Å². The largest absolute Gasteiger partial charge is 0.478 e. The molecule has 1 aromatic rings. The monoisotopic (exact) mass is 264 g/mol. The van der Waals surface area contributed by atoms with Gasteiger partial charge in [0.05, 0.1) is 12.2 Å². The molecule has 7 nitrogen and oxygen atoms in total. The van der Waals surface area contributed by atoms with Crippen LogP contribution >= 0.6 is 0 Å². The van der Waals surface area contributed by atoms with E-state index in [1.165, 1.54) is 12.5 Å². The van der Waals surface area contributed by atoms with E-state index in [9.17, 15) is 9.59 Å². The number of nitrogens with zero attached hydrogens (tertiary/aromatic N) is 3. The molecule has 1 saturated carbocycles. The minimum Gasteiger partial charge on any atom is -0.478 e. The third kappa shape index (κ3) is 3.99. The summed E-state index contributed by atoms with van der Waals surface area (Å²) in [5, 5.41) is 11.9. The van der Waals surface area contributed by atoms with Crippen molar-refractivity contribution in [2.24, 2.45) is 0 Å². The van der Waals surface area contributed by atoms with Gasteiger partial charge in [-0.15, -0.1) is 0 Å². The van der Waals surface area contributed by atoms with E-state index >= 15 is 0 Å². The Bertz CT molecular complexity index is 488. The summed E-state index contributed by atoms with van der Waals surface area (Å²) >= 11 is 0. The summed E-state index contributed by atoms with van der Waals surface area (Å²) in [5.74, 6) is -1.11. The van der Waals surface area contributed by atoms with Crippen molar-refractivity contribution in [3.63, 3.8) is 0 Å². The van der Waals surface area contributed by atoms with Gasteiger partial charge in [-0.1, -0.05) is 0 Å². The Morgan fingerprint density at radius 1 is 1.53 bits per heavy atom. The molecule has 19 heavy (non-hydrogen) atoms. The van der Waals surface area contributed by atoms with Crippen LogP contribution in [-0.4, -0.2) is 51.5 Å². The van der Waals surface area contributed by atoms with Crippen LogP contribution < -0.4 is 5.32 Å². The van der Waals surface area contributed by atoms with Crippen molar-refractivity contribution in [1.29, 1.82) is 0 Å². The highest BCUT2D eigenvalue weighted by Crippen LogP contribution is 2.18. The number of carbonyl (C=O) groups is 2. The molecule has 0 radical (unpaired) electrons. The first-order valence-corrected chi connectivity index (χ1v) is 6.06. The second-order valence-corrected chi connectivity index (χ2v) is 4.70. The Balaban J connectivity index is 1.92. The second-order valence-electron chi connectivity index (χ2n) is 4.70. The number of amides is 1. The lowest BCUT2D eigenvalue weighted by Gasteiger charge is -2.16. The maximum Gasteiger partial charge on any atom is 0.339 e. The number of carboxylic acids is 1. The smallest absolute Gasteiger partial charge is 0.339 e. The Hall–Kier alpha value is -2.02. The summed E-state index contributed by atoms with van der Waals surface area (Å²) in [6, 6.07) is 0.328. The van der Waals surface area contributed by atoms with Gasteiger partial charge < -0.3 is 10.4 Å². The number of nitrogens with one attached hydrogen (secondary N) is 1. The fourth-order valence-electron chi connectivity index (χ4n) is 1.72. The van der Waals surface area contributed by atoms with Crippen LogP contribution in [0.25, 0.3) is 0 Å². The van der Waals surface area contributed by atoms with Crippen LogP contribution in [-0.2, 0) is 11.3 Å². The van der Waals surface area contributed by atoms with E-state index in [0.717, 1.165) is 12.8 Å². The molecule has 2 N–H and O–H groups in total. The molecule has 1 aliphatic rings. The van der Waals surface area contributed by atoms with Crippen molar-refractivity contribution < 1.29 is 14.7 Å². The highest BCUT2D eigenvalue weighted by Gasteiger charge is 2.23. The van der Waals surface area contributed by atoms with E-state index < -0.39 is 5.97 Å². The summed E-state index contributed by atoms with van der Waals surface area (Å²) in [6.45, 7) is 0.516. The van der Waals surface area contributed by atoms with E-state index in [1.54, 1.807) is 11.9 Å². The number of rotatable bonds is 6. The number of hydrogen-bond donors (Lipinski definition) is 2. The highest BCUT2D eigenvalue weighted by atomic mass is 16.4. The van der Waals surface area contributed by atoms with Gasteiger partial charge in [0, 0.05) is 18.8 Å². The second kappa shape index (κ2) is 5.75. The van der Waals surface area contributed by atoms with Crippen molar-refractivity contribution in [2.45, 2.75) is 25.4 Å². The SMILES string of the molecule is CN(CC(=O)NC1CC1)Cc1ncncc1C(=O)O. The molecule has 7 heteroatoms. The normalized spacial score (nSPS) is 14.4. The van der Waals surface area contributed by atoms with Crippen LogP contribution in [0.3, 0.4) is 0 Å². The third-order valence-corrected chi connectivity index (χ3v) is 2.80. The zero-order chi connectivity index (χ0) is 13.8. The lowest BCUT2D eigenvalue weighted by Crippen LogP contribution is -2.36. The fraction of sp³-hybridized carbons (Fsp3) is 0.500. The molecule has 1 aliphatic carbocycles. The molecular formula is C12H16N4O3. The molecule has 0 saturated heterocycles. The zero-order valence-corrected chi connectivity index (χ0v) is 10.7. The maximum atomic E-state index is 11.6. The van der Waals surface area contributed by atoms with Gasteiger partial charge in [0.15, 0.2) is 0 Å². The summed E-state index contributed by atoms with van der Waals surface area (Å²) in [6.07, 6.45) is 4.66. The zero-order valence-electron chi connectivity index (χ0n) is 10.7. The van der Waals surface area contributed by atoms with E-state index in [1.807, 2.05) is 0 Å². The van der Waals surface area contributed by atoms with Gasteiger partial charge in [0.2, 0.25) is 5.91 Å². The summed E-state index contributed by atoms with van der Waals surface area (Å²) in [5.41, 5.74) is 0.473. The lowest BCUT2D eigenvalue weighted by atomic mass is 10.2. The Morgan fingerprint density at radius 3 is 2.89 bits per heavy atom.